The molecule has 1 N–H and O–H groups in total. The van der Waals surface area contributed by atoms with E-state index >= 15 is 0 Å². The maximum absolute atomic E-state index is 13.8. The van der Waals surface area contributed by atoms with Crippen LogP contribution >= 0.6 is 39.1 Å². The molecule has 15 heteroatoms. The van der Waals surface area contributed by atoms with Crippen molar-refractivity contribution in [3.63, 3.8) is 0 Å². The fraction of sp³-hybridized carbons (Fsp3) is 0.360. The van der Waals surface area contributed by atoms with E-state index < -0.39 is 72.6 Å². The molecule has 2 aromatic carbocycles. The van der Waals surface area contributed by atoms with Crippen molar-refractivity contribution < 1.29 is 49.1 Å². The maximum Gasteiger partial charge on any atom is 0.417 e. The second kappa shape index (κ2) is 13.2. The predicted octanol–water partition coefficient (Wildman–Crippen LogP) is 9.55. The minimum absolute atomic E-state index is 0.115. The fourth-order valence-corrected chi connectivity index (χ4v) is 4.28. The van der Waals surface area contributed by atoms with Crippen molar-refractivity contribution in [2.45, 2.75) is 56.7 Å². The van der Waals surface area contributed by atoms with Crippen molar-refractivity contribution in [2.75, 3.05) is 0 Å². The lowest BCUT2D eigenvalue weighted by Gasteiger charge is -2.19. The van der Waals surface area contributed by atoms with Gasteiger partial charge in [0, 0.05) is 18.9 Å². The Kier molecular flexibility index (Phi) is 11.2. The van der Waals surface area contributed by atoms with E-state index in [9.17, 15) is 49.1 Å². The molecule has 0 bridgehead atoms. The minimum Gasteiger partial charge on any atom is -0.349 e. The molecular weight excluding hydrogens is 668 g/mol. The molecule has 0 spiro atoms. The number of halogens is 12. The highest BCUT2D eigenvalue weighted by Gasteiger charge is 2.40. The molecule has 0 saturated heterocycles. The van der Waals surface area contributed by atoms with Gasteiger partial charge in [0.2, 0.25) is 0 Å². The predicted molar refractivity (Wildman–Crippen MR) is 135 cm³/mol. The van der Waals surface area contributed by atoms with E-state index in [1.807, 2.05) is 0 Å². The van der Waals surface area contributed by atoms with Crippen LogP contribution < -0.4 is 5.32 Å². The van der Waals surface area contributed by atoms with Crippen molar-refractivity contribution in [1.82, 2.24) is 5.32 Å². The summed E-state index contributed by atoms with van der Waals surface area (Å²) in [4.78, 5) is 24.2. The van der Waals surface area contributed by atoms with Crippen molar-refractivity contribution in [3.05, 3.63) is 73.2 Å². The average molecular weight is 687 g/mol. The zero-order chi connectivity index (χ0) is 30.6. The largest absolute Gasteiger partial charge is 0.417 e. The van der Waals surface area contributed by atoms with E-state index in [2.05, 4.69) is 21.2 Å². The van der Waals surface area contributed by atoms with Crippen LogP contribution in [0.15, 0.2) is 40.9 Å². The van der Waals surface area contributed by atoms with Crippen LogP contribution in [-0.2, 0) is 11.0 Å². The Balaban J connectivity index is 2.31. The number of hydrogen-bond acceptors (Lipinski definition) is 2. The molecule has 0 fully saturated rings. The smallest absolute Gasteiger partial charge is 0.349 e. The van der Waals surface area contributed by atoms with Crippen molar-refractivity contribution in [1.29, 1.82) is 0 Å². The number of carbonyl (C=O) groups excluding carboxylic acids is 2. The van der Waals surface area contributed by atoms with E-state index in [1.54, 1.807) is 0 Å². The molecule has 0 aliphatic rings. The van der Waals surface area contributed by atoms with Gasteiger partial charge in [-0.15, -0.1) is 0 Å². The molecule has 2 rings (SSSR count). The van der Waals surface area contributed by atoms with Crippen LogP contribution in [0.1, 0.15) is 59.2 Å². The van der Waals surface area contributed by atoms with Crippen LogP contribution in [0.5, 0.6) is 0 Å². The summed E-state index contributed by atoms with van der Waals surface area (Å²) < 4.78 is 119. The van der Waals surface area contributed by atoms with Gasteiger partial charge in [0.15, 0.2) is 0 Å². The van der Waals surface area contributed by atoms with Gasteiger partial charge in [0.05, 0.1) is 38.0 Å². The Labute approximate surface area is 240 Å². The van der Waals surface area contributed by atoms with Gasteiger partial charge in [0.1, 0.15) is 5.78 Å². The van der Waals surface area contributed by atoms with E-state index in [0.29, 0.717) is 12.1 Å². The van der Waals surface area contributed by atoms with Gasteiger partial charge in [-0.2, -0.15) is 39.5 Å². The van der Waals surface area contributed by atoms with E-state index in [-0.39, 0.29) is 25.6 Å². The molecule has 0 aliphatic carbocycles. The summed E-state index contributed by atoms with van der Waals surface area (Å²) in [5, 5.41) is 1.90. The third-order valence-electron chi connectivity index (χ3n) is 5.39. The molecular formula is C25H19BrCl2F9NO2. The Morgan fingerprint density at radius 1 is 0.975 bits per heavy atom. The van der Waals surface area contributed by atoms with Crippen LogP contribution in [0.3, 0.4) is 0 Å². The summed E-state index contributed by atoms with van der Waals surface area (Å²) in [7, 11) is 0. The first kappa shape index (κ1) is 34.0. The molecule has 2 atom stereocenters. The number of hydrogen-bond donors (Lipinski definition) is 1. The highest BCUT2D eigenvalue weighted by atomic mass is 79.9. The van der Waals surface area contributed by atoms with Gasteiger partial charge in [0.25, 0.3) is 5.91 Å². The second-order valence-corrected chi connectivity index (χ2v) is 10.3. The van der Waals surface area contributed by atoms with E-state index in [4.69, 9.17) is 23.2 Å². The number of rotatable bonds is 9. The number of nitrogens with one attached hydrogen (secondary N) is 1. The molecule has 3 nitrogen and oxygen atoms in total. The van der Waals surface area contributed by atoms with E-state index in [0.717, 1.165) is 30.3 Å². The van der Waals surface area contributed by atoms with Gasteiger partial charge in [-0.1, -0.05) is 41.4 Å². The molecule has 0 aliphatic heterocycles. The van der Waals surface area contributed by atoms with Crippen LogP contribution in [0.25, 0.3) is 6.08 Å². The molecule has 1 unspecified atom stereocenters. The van der Waals surface area contributed by atoms with Gasteiger partial charge >= 0.3 is 18.5 Å². The lowest BCUT2D eigenvalue weighted by molar-refractivity contribution is -0.143. The molecule has 1 amide bonds. The SMILES string of the molecule is C[C@H](CC(=O)CCC(F)(F)F)NC(=O)c1ccc(/C=C/C(c2cc(Cl)c(Br)c(Cl)c2)C(F)(F)F)cc1C(F)(F)F. The number of allylic oxidation sites excluding steroid dienone is 1. The molecule has 2 aromatic rings. The summed E-state index contributed by atoms with van der Waals surface area (Å²) in [5.74, 6) is -4.41. The highest BCUT2D eigenvalue weighted by molar-refractivity contribution is 9.10. The van der Waals surface area contributed by atoms with Crippen LogP contribution in [-0.4, -0.2) is 30.1 Å². The third-order valence-corrected chi connectivity index (χ3v) is 7.30. The lowest BCUT2D eigenvalue weighted by atomic mass is 9.96. The number of ketones is 1. The number of benzene rings is 2. The van der Waals surface area contributed by atoms with Gasteiger partial charge in [-0.3, -0.25) is 9.59 Å². The average Bonchev–Trinajstić information content (AvgIpc) is 2.79. The number of carbonyl (C=O) groups is 2. The molecule has 0 saturated carbocycles. The summed E-state index contributed by atoms with van der Waals surface area (Å²) in [6, 6.07) is 3.11. The number of alkyl halides is 9. The Hall–Kier alpha value is -2.25. The Bertz CT molecular complexity index is 1250. The second-order valence-electron chi connectivity index (χ2n) is 8.71. The molecule has 220 valence electrons. The van der Waals surface area contributed by atoms with Crippen molar-refractivity contribution >= 4 is 56.9 Å². The number of Topliss-reactive ketones (excluding diaryl/α,β-unsaturated/α-hetero) is 1. The quantitative estimate of drug-likeness (QED) is 0.211. The molecule has 0 heterocycles. The summed E-state index contributed by atoms with van der Waals surface area (Å²) in [6.07, 6.45) is -15.9. The van der Waals surface area contributed by atoms with Crippen LogP contribution in [0.4, 0.5) is 39.5 Å². The van der Waals surface area contributed by atoms with Crippen LogP contribution in [0, 0.1) is 0 Å². The minimum atomic E-state index is -5.10. The van der Waals surface area contributed by atoms with Crippen molar-refractivity contribution in [2.24, 2.45) is 0 Å². The van der Waals surface area contributed by atoms with E-state index in [1.165, 1.54) is 6.92 Å². The summed E-state index contributed by atoms with van der Waals surface area (Å²) in [5.41, 5.74) is -3.05. The zero-order valence-corrected chi connectivity index (χ0v) is 23.3. The standard InChI is InChI=1S/C25H19BrCl2F9NO2/c1-12(8-15(39)6-7-23(29,30)31)38-22(40)16-4-2-13(9-18(16)25(35,36)37)3-5-17(24(32,33)34)14-10-19(27)21(26)20(28)11-14/h2-5,9-12,17H,6-8H2,1H3,(H,38,40)/b5-3+/t12-,17?/m1/s1. The first-order valence-electron chi connectivity index (χ1n) is 11.2. The van der Waals surface area contributed by atoms with Gasteiger partial charge in [-0.25, -0.2) is 0 Å². The van der Waals surface area contributed by atoms with Gasteiger partial charge in [-0.05, 0) is 58.2 Å². The highest BCUT2D eigenvalue weighted by Crippen LogP contribution is 2.41. The van der Waals surface area contributed by atoms with Gasteiger partial charge < -0.3 is 5.32 Å². The number of amides is 1. The topological polar surface area (TPSA) is 46.2 Å². The molecule has 0 radical (unpaired) electrons. The first-order valence-corrected chi connectivity index (χ1v) is 12.7. The normalized spacial score (nSPS) is 14.3. The van der Waals surface area contributed by atoms with Crippen molar-refractivity contribution in [3.8, 4) is 0 Å². The third kappa shape index (κ3) is 9.99. The maximum atomic E-state index is 13.8. The fourth-order valence-electron chi connectivity index (χ4n) is 3.55. The first-order chi connectivity index (χ1) is 18.2. The Morgan fingerprint density at radius 2 is 1.55 bits per heavy atom. The molecule has 0 aromatic heterocycles. The van der Waals surface area contributed by atoms with Crippen LogP contribution in [0.2, 0.25) is 10.0 Å². The lowest BCUT2D eigenvalue weighted by Crippen LogP contribution is -2.35. The summed E-state index contributed by atoms with van der Waals surface area (Å²) >= 11 is 14.8. The zero-order valence-electron chi connectivity index (χ0n) is 20.2. The monoisotopic (exact) mass is 685 g/mol. The molecule has 40 heavy (non-hydrogen) atoms. The summed E-state index contributed by atoms with van der Waals surface area (Å²) in [6.45, 7) is 1.23. The Morgan fingerprint density at radius 3 is 2.05 bits per heavy atom.